The van der Waals surface area contributed by atoms with Crippen LogP contribution >= 0.6 is 23.4 Å². The first-order chi connectivity index (χ1) is 31.9. The number of rotatable bonds is 15. The van der Waals surface area contributed by atoms with Crippen LogP contribution in [0.25, 0.3) is 10.9 Å². The lowest BCUT2D eigenvalue weighted by molar-refractivity contribution is -0.156. The van der Waals surface area contributed by atoms with E-state index in [0.717, 1.165) is 50.1 Å². The number of hydrogen-bond donors (Lipinski definition) is 1. The van der Waals surface area contributed by atoms with Crippen molar-refractivity contribution in [1.29, 1.82) is 5.26 Å². The lowest BCUT2D eigenvalue weighted by atomic mass is 9.91. The largest absolute Gasteiger partial charge is 0.460 e. The number of nitrogens with one attached hydrogen (secondary N) is 1. The molecule has 2 aromatic rings. The van der Waals surface area contributed by atoms with E-state index in [1.165, 1.54) is 0 Å². The first kappa shape index (κ1) is 52.4. The highest BCUT2D eigenvalue weighted by Crippen LogP contribution is 2.49. The van der Waals surface area contributed by atoms with E-state index in [1.54, 1.807) is 31.7 Å². The summed E-state index contributed by atoms with van der Waals surface area (Å²) < 4.78 is 61.7. The zero-order valence-corrected chi connectivity index (χ0v) is 42.1. The maximum absolute atomic E-state index is 17.5. The summed E-state index contributed by atoms with van der Waals surface area (Å²) in [5.74, 6) is -2.24. The summed E-state index contributed by atoms with van der Waals surface area (Å²) in [6, 6.07) is 2.85. The Morgan fingerprint density at radius 2 is 1.66 bits per heavy atom. The highest BCUT2D eigenvalue weighted by atomic mass is 35.5. The number of piperazine rings is 1. The van der Waals surface area contributed by atoms with E-state index in [-0.39, 0.29) is 86.6 Å². The average molecular weight is 985 g/mol. The van der Waals surface area contributed by atoms with Gasteiger partial charge in [-0.05, 0) is 120 Å². The summed E-state index contributed by atoms with van der Waals surface area (Å²) in [5, 5.41) is 13.3. The molecule has 19 heteroatoms. The van der Waals surface area contributed by atoms with Crippen molar-refractivity contribution in [2.75, 3.05) is 44.3 Å². The highest BCUT2D eigenvalue weighted by molar-refractivity contribution is 8.07. The fourth-order valence-electron chi connectivity index (χ4n) is 8.88. The van der Waals surface area contributed by atoms with E-state index in [4.69, 9.17) is 40.3 Å². The number of anilines is 1. The highest BCUT2D eigenvalue weighted by Gasteiger charge is 2.45. The van der Waals surface area contributed by atoms with Crippen molar-refractivity contribution in [1.82, 2.24) is 25.1 Å². The number of halogens is 3. The Bertz CT molecular complexity index is 2390. The Balaban J connectivity index is 1.30. The van der Waals surface area contributed by atoms with E-state index >= 15 is 8.78 Å². The average Bonchev–Trinajstić information content (AvgIpc) is 3.91. The number of amides is 2. The van der Waals surface area contributed by atoms with Gasteiger partial charge in [0.15, 0.2) is 5.82 Å². The zero-order chi connectivity index (χ0) is 49.9. The van der Waals surface area contributed by atoms with Gasteiger partial charge in [-0.2, -0.15) is 15.2 Å². The molecule has 0 spiro atoms. The minimum atomic E-state index is -1.06. The van der Waals surface area contributed by atoms with Crippen LogP contribution in [0.3, 0.4) is 0 Å². The predicted octanol–water partition coefficient (Wildman–Crippen LogP) is 10.0. The van der Waals surface area contributed by atoms with Gasteiger partial charge >= 0.3 is 24.2 Å². The number of benzene rings is 1. The third kappa shape index (κ3) is 13.0. The van der Waals surface area contributed by atoms with Crippen molar-refractivity contribution < 1.29 is 46.8 Å². The van der Waals surface area contributed by atoms with Crippen molar-refractivity contribution in [3.63, 3.8) is 0 Å². The van der Waals surface area contributed by atoms with Crippen LogP contribution in [0.5, 0.6) is 6.01 Å². The van der Waals surface area contributed by atoms with Crippen molar-refractivity contribution >= 4 is 58.2 Å². The van der Waals surface area contributed by atoms with Crippen LogP contribution in [-0.2, 0) is 30.2 Å². The van der Waals surface area contributed by atoms with Gasteiger partial charge in [-0.1, -0.05) is 36.5 Å². The molecule has 15 nitrogen and oxygen atoms in total. The quantitative estimate of drug-likeness (QED) is 0.0774. The van der Waals surface area contributed by atoms with E-state index in [2.05, 4.69) is 34.4 Å². The number of nitrogens with zero attached hydrogens (tertiary/aromatic N) is 6. The lowest BCUT2D eigenvalue weighted by Gasteiger charge is -2.42. The number of ether oxygens (including phenoxy) is 5. The van der Waals surface area contributed by atoms with Gasteiger partial charge < -0.3 is 28.6 Å². The van der Waals surface area contributed by atoms with Gasteiger partial charge in [0.05, 0.1) is 47.8 Å². The van der Waals surface area contributed by atoms with Gasteiger partial charge in [0, 0.05) is 53.0 Å². The number of likely N-dealkylation sites (tertiary alicyclic amines) is 1. The summed E-state index contributed by atoms with van der Waals surface area (Å²) in [7, 11) is 0. The first-order valence-corrected chi connectivity index (χ1v) is 24.2. The zero-order valence-electron chi connectivity index (χ0n) is 40.6. The summed E-state index contributed by atoms with van der Waals surface area (Å²) in [4.78, 5) is 53.9. The monoisotopic (exact) mass is 983 g/mol. The molecule has 0 saturated carbocycles. The molecule has 2 bridgehead atoms. The molecule has 3 fully saturated rings. The first-order valence-electron chi connectivity index (χ1n) is 23.1. The molecule has 4 aliphatic heterocycles. The predicted molar refractivity (Wildman–Crippen MR) is 257 cm³/mol. The molecule has 68 heavy (non-hydrogen) atoms. The number of carbonyl (C=O) groups is 3. The normalized spacial score (nSPS) is 21.8. The number of esters is 1. The maximum atomic E-state index is 17.5. The molecule has 1 aromatic heterocycles. The van der Waals surface area contributed by atoms with Crippen molar-refractivity contribution in [3.05, 3.63) is 68.8 Å². The smallest absolute Gasteiger partial charge is 0.412 e. The van der Waals surface area contributed by atoms with Gasteiger partial charge in [-0.3, -0.25) is 19.9 Å². The van der Waals surface area contributed by atoms with Gasteiger partial charge in [0.25, 0.3) is 0 Å². The Hall–Kier alpha value is -4.96. The molecule has 3 unspecified atom stereocenters. The SMILES string of the molecule is C=C/C(F)=C1/SC(NC(=O)OC(C)(C)C)=C(C#N)C1Cc1c(Cl)cc2c(N3CC4CCC(C3)N4C(=O)OC(C)(C)C)nc(OC(=C)[C@@H]3CCCN3CCCOCCC(=O)OC(C)(C)C)nc2c1F. The molecule has 1 N–H and O–H groups in total. The molecular weight excluding hydrogens is 920 g/mol. The number of hydrogen-bond acceptors (Lipinski definition) is 14. The molecular formula is C49H64ClF2N7O8S. The topological polar surface area (TPSA) is 169 Å². The van der Waals surface area contributed by atoms with Gasteiger partial charge in [0.2, 0.25) is 0 Å². The minimum Gasteiger partial charge on any atom is -0.460 e. The van der Waals surface area contributed by atoms with Gasteiger partial charge in [-0.25, -0.2) is 18.4 Å². The van der Waals surface area contributed by atoms with Crippen molar-refractivity contribution in [2.24, 2.45) is 5.92 Å². The molecule has 4 aliphatic rings. The second kappa shape index (κ2) is 21.4. The van der Waals surface area contributed by atoms with E-state index < -0.39 is 46.6 Å². The Kier molecular flexibility index (Phi) is 16.5. The van der Waals surface area contributed by atoms with Crippen molar-refractivity contribution in [2.45, 2.75) is 142 Å². The molecule has 2 amide bonds. The molecule has 0 radical (unpaired) electrons. The molecule has 4 atom stereocenters. The standard InChI is InChI=1S/C49H64ClF2N7O8S/c1-12-36(51)41-31(34(25-53)43(68-41)56-45(61)66-48(6,7)8)23-32-35(50)24-33-40(39(32)52)54-44(55-42(33)58-26-29-16-17-30(27-58)59(29)46(62)67-49(9,10)11)64-28(2)37-15-13-19-57(37)20-14-21-63-22-18-38(60)65-47(3,4)5/h12,24,29-31,37H,1-2,13-23,26-27H2,3-11H3,(H,56,61)/b41-36-/t29?,30?,31?,37-/m0/s1. The summed E-state index contributed by atoms with van der Waals surface area (Å²) in [6.07, 6.45) is 3.40. The van der Waals surface area contributed by atoms with Gasteiger partial charge in [0.1, 0.15) is 39.7 Å². The number of nitriles is 1. The number of carbonyl (C=O) groups excluding carboxylic acids is 3. The Morgan fingerprint density at radius 3 is 2.28 bits per heavy atom. The van der Waals surface area contributed by atoms with Crippen LogP contribution in [0.1, 0.15) is 106 Å². The third-order valence-corrected chi connectivity index (χ3v) is 13.1. The van der Waals surface area contributed by atoms with E-state index in [0.29, 0.717) is 44.2 Å². The summed E-state index contributed by atoms with van der Waals surface area (Å²) >= 11 is 7.81. The third-order valence-electron chi connectivity index (χ3n) is 11.6. The molecule has 5 heterocycles. The van der Waals surface area contributed by atoms with E-state index in [9.17, 15) is 19.6 Å². The molecule has 370 valence electrons. The summed E-state index contributed by atoms with van der Waals surface area (Å²) in [6.45, 7) is 26.7. The van der Waals surface area contributed by atoms with Crippen LogP contribution in [0, 0.1) is 23.1 Å². The second-order valence-corrected chi connectivity index (χ2v) is 21.8. The number of alkyl carbamates (subject to hydrolysis) is 1. The summed E-state index contributed by atoms with van der Waals surface area (Å²) in [5.41, 5.74) is -2.29. The fourth-order valence-corrected chi connectivity index (χ4v) is 10.3. The van der Waals surface area contributed by atoms with Crippen LogP contribution in [0.2, 0.25) is 5.02 Å². The fraction of sp³-hybridized carbons (Fsp3) is 0.592. The number of thioether (sulfide) groups is 1. The van der Waals surface area contributed by atoms with Crippen LogP contribution in [0.15, 0.2) is 52.4 Å². The van der Waals surface area contributed by atoms with Gasteiger partial charge in [-0.15, -0.1) is 0 Å². The Morgan fingerprint density at radius 1 is 1.00 bits per heavy atom. The van der Waals surface area contributed by atoms with Crippen LogP contribution in [-0.4, -0.2) is 112 Å². The number of allylic oxidation sites excluding steroid dienone is 4. The second-order valence-electron chi connectivity index (χ2n) is 20.4. The molecule has 1 aromatic carbocycles. The maximum Gasteiger partial charge on any atom is 0.412 e. The number of fused-ring (bicyclic) bond motifs is 3. The molecule has 6 rings (SSSR count). The van der Waals surface area contributed by atoms with Crippen molar-refractivity contribution in [3.8, 4) is 12.1 Å². The lowest BCUT2D eigenvalue weighted by Crippen LogP contribution is -2.57. The molecule has 3 saturated heterocycles. The van der Waals surface area contributed by atoms with E-state index in [1.807, 2.05) is 46.4 Å². The molecule has 0 aliphatic carbocycles. The number of aromatic nitrogens is 2. The van der Waals surface area contributed by atoms with Crippen LogP contribution < -0.4 is 15.0 Å². The van der Waals surface area contributed by atoms with Crippen LogP contribution in [0.4, 0.5) is 24.2 Å². The Labute approximate surface area is 407 Å². The minimum absolute atomic E-state index is 0.0149.